The summed E-state index contributed by atoms with van der Waals surface area (Å²) in [6, 6.07) is 7.59. The fraction of sp³-hybridized carbons (Fsp3) is 0.684. The highest BCUT2D eigenvalue weighted by molar-refractivity contribution is 7.41. The summed E-state index contributed by atoms with van der Waals surface area (Å²) >= 11 is 0. The molecule has 0 saturated carbocycles. The molecule has 1 rings (SSSR count). The molecule has 0 aliphatic rings. The van der Waals surface area contributed by atoms with Crippen molar-refractivity contribution in [1.29, 1.82) is 0 Å². The molecule has 7 heteroatoms. The molecule has 26 heavy (non-hydrogen) atoms. The Morgan fingerprint density at radius 1 is 1.00 bits per heavy atom. The Morgan fingerprint density at radius 3 is 2.27 bits per heavy atom. The van der Waals surface area contributed by atoms with E-state index in [0.29, 0.717) is 5.75 Å². The molecule has 150 valence electrons. The van der Waals surface area contributed by atoms with Crippen molar-refractivity contribution in [3.63, 3.8) is 0 Å². The van der Waals surface area contributed by atoms with Crippen LogP contribution in [0.1, 0.15) is 57.4 Å². The van der Waals surface area contributed by atoms with E-state index >= 15 is 0 Å². The number of benzene rings is 1. The topological polar surface area (TPSA) is 105 Å². The molecular weight excluding hydrogens is 353 g/mol. The van der Waals surface area contributed by atoms with Crippen LogP contribution in [0.25, 0.3) is 0 Å². The maximum Gasteiger partial charge on any atom is 0.394 e. The first-order chi connectivity index (χ1) is 12.5. The van der Waals surface area contributed by atoms with Crippen LogP contribution in [0.2, 0.25) is 0 Å². The van der Waals surface area contributed by atoms with E-state index in [0.717, 1.165) is 18.4 Å². The van der Waals surface area contributed by atoms with Gasteiger partial charge >= 0.3 is 8.60 Å². The van der Waals surface area contributed by atoms with Gasteiger partial charge in [0.1, 0.15) is 5.75 Å². The average molecular weight is 387 g/mol. The zero-order valence-electron chi connectivity index (χ0n) is 15.8. The van der Waals surface area contributed by atoms with E-state index in [2.05, 4.69) is 6.92 Å². The zero-order valence-corrected chi connectivity index (χ0v) is 16.7. The van der Waals surface area contributed by atoms with E-state index in [9.17, 15) is 4.89 Å². The average Bonchev–Trinajstić information content (AvgIpc) is 2.66. The third kappa shape index (κ3) is 9.26. The summed E-state index contributed by atoms with van der Waals surface area (Å²) in [7, 11) is -2.18. The van der Waals surface area contributed by atoms with Crippen molar-refractivity contribution < 1.29 is 24.2 Å². The van der Waals surface area contributed by atoms with Crippen LogP contribution in [-0.4, -0.2) is 40.5 Å². The Labute approximate surface area is 158 Å². The van der Waals surface area contributed by atoms with Crippen LogP contribution in [0.5, 0.6) is 5.75 Å². The minimum atomic E-state index is -2.18. The first-order valence-electron chi connectivity index (χ1n) is 9.43. The lowest BCUT2D eigenvalue weighted by atomic mass is 10.0. The number of hydrogen-bond donors (Lipinski definition) is 4. The lowest BCUT2D eigenvalue weighted by Gasteiger charge is -2.25. The lowest BCUT2D eigenvalue weighted by Crippen LogP contribution is -2.51. The molecule has 0 amide bonds. The van der Waals surface area contributed by atoms with Crippen LogP contribution >= 0.6 is 8.60 Å². The number of nitrogens with two attached hydrogens (primary N) is 1. The van der Waals surface area contributed by atoms with E-state index in [-0.39, 0.29) is 6.61 Å². The van der Waals surface area contributed by atoms with Crippen LogP contribution < -0.4 is 10.3 Å². The second-order valence-corrected chi connectivity index (χ2v) is 7.68. The summed E-state index contributed by atoms with van der Waals surface area (Å²) < 4.78 is 10.7. The summed E-state index contributed by atoms with van der Waals surface area (Å²) in [5, 5.41) is 18.3. The van der Waals surface area contributed by atoms with E-state index in [1.807, 2.05) is 18.2 Å². The van der Waals surface area contributed by atoms with Crippen LogP contribution in [-0.2, 0) is 10.9 Å². The fourth-order valence-electron chi connectivity index (χ4n) is 2.51. The fourth-order valence-corrected chi connectivity index (χ4v) is 3.27. The molecule has 5 N–H and O–H groups in total. The zero-order chi connectivity index (χ0) is 19.3. The monoisotopic (exact) mass is 387 g/mol. The van der Waals surface area contributed by atoms with Crippen LogP contribution in [0, 0.1) is 0 Å². The SMILES string of the molecule is CCCCCCCCCc1ccccc1OP(O)OCC(N)(CO)CO. The molecule has 0 aromatic heterocycles. The number of aliphatic hydroxyl groups is 2. The van der Waals surface area contributed by atoms with Crippen molar-refractivity contribution in [2.24, 2.45) is 5.73 Å². The molecule has 1 aromatic rings. The Morgan fingerprint density at radius 2 is 1.62 bits per heavy atom. The highest BCUT2D eigenvalue weighted by atomic mass is 31.2. The summed E-state index contributed by atoms with van der Waals surface area (Å²) in [6.45, 7) is 1.14. The first-order valence-corrected chi connectivity index (χ1v) is 10.6. The highest BCUT2D eigenvalue weighted by Crippen LogP contribution is 2.37. The van der Waals surface area contributed by atoms with E-state index in [4.69, 9.17) is 25.0 Å². The van der Waals surface area contributed by atoms with Gasteiger partial charge in [0.25, 0.3) is 0 Å². The number of rotatable bonds is 15. The molecule has 0 bridgehead atoms. The third-order valence-electron chi connectivity index (χ3n) is 4.29. The summed E-state index contributed by atoms with van der Waals surface area (Å²) in [4.78, 5) is 9.98. The highest BCUT2D eigenvalue weighted by Gasteiger charge is 2.26. The number of aliphatic hydroxyl groups excluding tert-OH is 2. The molecule has 0 heterocycles. The standard InChI is InChI=1S/C19H34NO5P/c1-2-3-4-5-6-7-8-11-17-12-9-10-13-18(17)25-26(23)24-16-19(20,14-21)15-22/h9-10,12-13,21-23H,2-8,11,14-16,20H2,1H3. The number of hydrogen-bond acceptors (Lipinski definition) is 6. The van der Waals surface area contributed by atoms with Gasteiger partial charge in [-0.1, -0.05) is 63.6 Å². The van der Waals surface area contributed by atoms with Crippen molar-refractivity contribution in [2.45, 2.75) is 63.8 Å². The molecular formula is C19H34NO5P. The molecule has 6 nitrogen and oxygen atoms in total. The van der Waals surface area contributed by atoms with Crippen molar-refractivity contribution in [1.82, 2.24) is 0 Å². The smallest absolute Gasteiger partial charge is 0.394 e. The molecule has 1 unspecified atom stereocenters. The van der Waals surface area contributed by atoms with Gasteiger partial charge in [0.2, 0.25) is 0 Å². The predicted molar refractivity (Wildman–Crippen MR) is 105 cm³/mol. The Balaban J connectivity index is 2.40. The first kappa shape index (κ1) is 23.3. The number of para-hydroxylation sites is 1. The second kappa shape index (κ2) is 13.4. The largest absolute Gasteiger partial charge is 0.427 e. The second-order valence-electron chi connectivity index (χ2n) is 6.76. The van der Waals surface area contributed by atoms with Gasteiger partial charge < -0.3 is 29.9 Å². The van der Waals surface area contributed by atoms with Gasteiger partial charge in [-0.05, 0) is 24.5 Å². The molecule has 0 fully saturated rings. The minimum absolute atomic E-state index is 0.192. The Kier molecular flexibility index (Phi) is 12.0. The Hall–Kier alpha value is -0.750. The molecule has 0 spiro atoms. The number of unbranched alkanes of at least 4 members (excludes halogenated alkanes) is 6. The Bertz CT molecular complexity index is 485. The maximum atomic E-state index is 9.98. The van der Waals surface area contributed by atoms with Gasteiger partial charge in [-0.25, -0.2) is 0 Å². The van der Waals surface area contributed by atoms with Crippen LogP contribution in [0.15, 0.2) is 24.3 Å². The molecule has 1 aromatic carbocycles. The number of aryl methyl sites for hydroxylation is 1. The van der Waals surface area contributed by atoms with Crippen molar-refractivity contribution >= 4 is 8.60 Å². The molecule has 0 radical (unpaired) electrons. The van der Waals surface area contributed by atoms with Crippen molar-refractivity contribution in [2.75, 3.05) is 19.8 Å². The van der Waals surface area contributed by atoms with Gasteiger partial charge in [0, 0.05) is 0 Å². The third-order valence-corrected chi connectivity index (χ3v) is 4.99. The normalized spacial score (nSPS) is 13.0. The van der Waals surface area contributed by atoms with Gasteiger partial charge in [-0.2, -0.15) is 0 Å². The van der Waals surface area contributed by atoms with E-state index in [1.165, 1.54) is 38.5 Å². The summed E-state index contributed by atoms with van der Waals surface area (Å²) in [5.41, 5.74) is 5.46. The van der Waals surface area contributed by atoms with E-state index in [1.54, 1.807) is 6.07 Å². The lowest BCUT2D eigenvalue weighted by molar-refractivity contribution is 0.0743. The van der Waals surface area contributed by atoms with Gasteiger partial charge in [0.15, 0.2) is 0 Å². The van der Waals surface area contributed by atoms with Gasteiger partial charge in [-0.15, -0.1) is 0 Å². The molecule has 0 saturated heterocycles. The van der Waals surface area contributed by atoms with Crippen LogP contribution in [0.3, 0.4) is 0 Å². The summed E-state index contributed by atoms with van der Waals surface area (Å²) in [5.74, 6) is 0.600. The molecule has 0 aliphatic carbocycles. The van der Waals surface area contributed by atoms with Gasteiger partial charge in [-0.3, -0.25) is 0 Å². The quantitative estimate of drug-likeness (QED) is 0.272. The summed E-state index contributed by atoms with van der Waals surface area (Å²) in [6.07, 6.45) is 9.58. The van der Waals surface area contributed by atoms with Gasteiger partial charge in [0.05, 0.1) is 25.4 Å². The van der Waals surface area contributed by atoms with Crippen molar-refractivity contribution in [3.05, 3.63) is 29.8 Å². The van der Waals surface area contributed by atoms with E-state index < -0.39 is 27.4 Å². The molecule has 0 aliphatic heterocycles. The van der Waals surface area contributed by atoms with Crippen molar-refractivity contribution in [3.8, 4) is 5.75 Å². The predicted octanol–water partition coefficient (Wildman–Crippen LogP) is 3.28. The molecule has 1 atom stereocenters. The maximum absolute atomic E-state index is 9.98. The minimum Gasteiger partial charge on any atom is -0.427 e. The van der Waals surface area contributed by atoms with Crippen LogP contribution in [0.4, 0.5) is 0 Å².